The van der Waals surface area contributed by atoms with Crippen molar-refractivity contribution in [2.24, 2.45) is 0 Å². The van der Waals surface area contributed by atoms with Gasteiger partial charge >= 0.3 is 0 Å². The molecule has 0 radical (unpaired) electrons. The lowest BCUT2D eigenvalue weighted by Crippen LogP contribution is -2.51. The number of halogens is 1. The third-order valence-electron chi connectivity index (χ3n) is 5.54. The summed E-state index contributed by atoms with van der Waals surface area (Å²) in [6.07, 6.45) is 5.27. The van der Waals surface area contributed by atoms with Gasteiger partial charge in [-0.3, -0.25) is 9.69 Å². The maximum atomic E-state index is 14.0. The van der Waals surface area contributed by atoms with Gasteiger partial charge in [0.15, 0.2) is 0 Å². The molecule has 0 spiro atoms. The van der Waals surface area contributed by atoms with Crippen LogP contribution in [0.4, 0.5) is 4.39 Å². The molecule has 1 aromatic heterocycles. The second-order valence-corrected chi connectivity index (χ2v) is 8.18. The molecule has 0 bridgehead atoms. The van der Waals surface area contributed by atoms with E-state index >= 15 is 0 Å². The van der Waals surface area contributed by atoms with Crippen molar-refractivity contribution < 1.29 is 9.18 Å². The molecular weight excluding hydrogens is 349 g/mol. The Kier molecular flexibility index (Phi) is 5.05. The quantitative estimate of drug-likeness (QED) is 0.817. The third-order valence-corrected chi connectivity index (χ3v) is 6.72. The van der Waals surface area contributed by atoms with Crippen LogP contribution in [-0.2, 0) is 0 Å². The molecular formula is C20H24FN3OS. The van der Waals surface area contributed by atoms with E-state index in [1.54, 1.807) is 18.2 Å². The Morgan fingerprint density at radius 1 is 1.15 bits per heavy atom. The Morgan fingerprint density at radius 2 is 1.85 bits per heavy atom. The Bertz CT molecular complexity index is 792. The minimum Gasteiger partial charge on any atom is -0.335 e. The van der Waals surface area contributed by atoms with Crippen LogP contribution in [0.15, 0.2) is 24.3 Å². The first kappa shape index (κ1) is 17.6. The van der Waals surface area contributed by atoms with E-state index in [9.17, 15) is 9.18 Å². The highest BCUT2D eigenvalue weighted by Crippen LogP contribution is 2.31. The van der Waals surface area contributed by atoms with E-state index in [-0.39, 0.29) is 11.7 Å². The highest BCUT2D eigenvalue weighted by molar-refractivity contribution is 7.17. The van der Waals surface area contributed by atoms with Crippen molar-refractivity contribution in [1.82, 2.24) is 14.8 Å². The van der Waals surface area contributed by atoms with E-state index in [1.165, 1.54) is 43.1 Å². The van der Waals surface area contributed by atoms with Gasteiger partial charge in [-0.1, -0.05) is 25.0 Å². The van der Waals surface area contributed by atoms with E-state index in [2.05, 4.69) is 9.88 Å². The van der Waals surface area contributed by atoms with Gasteiger partial charge in [0.25, 0.3) is 5.91 Å². The Labute approximate surface area is 157 Å². The average Bonchev–Trinajstić information content (AvgIpc) is 3.32. The molecule has 1 saturated heterocycles. The molecule has 1 aliphatic heterocycles. The van der Waals surface area contributed by atoms with Crippen LogP contribution >= 0.6 is 11.3 Å². The van der Waals surface area contributed by atoms with Crippen molar-refractivity contribution in [3.63, 3.8) is 0 Å². The van der Waals surface area contributed by atoms with E-state index in [0.717, 1.165) is 26.2 Å². The molecule has 2 fully saturated rings. The molecule has 2 aliphatic rings. The molecule has 2 aromatic rings. The summed E-state index contributed by atoms with van der Waals surface area (Å²) in [7, 11) is 0. The van der Waals surface area contributed by atoms with Gasteiger partial charge in [0.2, 0.25) is 0 Å². The van der Waals surface area contributed by atoms with Crippen molar-refractivity contribution in [3.8, 4) is 10.6 Å². The van der Waals surface area contributed by atoms with E-state index < -0.39 is 0 Å². The van der Waals surface area contributed by atoms with Gasteiger partial charge in [-0.25, -0.2) is 9.37 Å². The summed E-state index contributed by atoms with van der Waals surface area (Å²) in [5.74, 6) is -0.265. The first-order valence-corrected chi connectivity index (χ1v) is 10.2. The number of hydrogen-bond acceptors (Lipinski definition) is 4. The second kappa shape index (κ2) is 7.45. The van der Waals surface area contributed by atoms with Crippen molar-refractivity contribution in [2.75, 3.05) is 26.2 Å². The number of carbonyl (C=O) groups is 1. The lowest BCUT2D eigenvalue weighted by molar-refractivity contribution is 0.0577. The van der Waals surface area contributed by atoms with Crippen LogP contribution < -0.4 is 0 Å². The topological polar surface area (TPSA) is 36.4 Å². The van der Waals surface area contributed by atoms with Gasteiger partial charge in [0.1, 0.15) is 15.7 Å². The molecule has 1 aromatic carbocycles. The molecule has 0 atom stereocenters. The van der Waals surface area contributed by atoms with Crippen molar-refractivity contribution in [3.05, 3.63) is 40.7 Å². The van der Waals surface area contributed by atoms with Crippen LogP contribution in [0.2, 0.25) is 0 Å². The number of piperazine rings is 1. The molecule has 0 unspecified atom stereocenters. The third kappa shape index (κ3) is 3.40. The van der Waals surface area contributed by atoms with Gasteiger partial charge in [0, 0.05) is 37.8 Å². The van der Waals surface area contributed by atoms with Crippen molar-refractivity contribution in [2.45, 2.75) is 38.6 Å². The second-order valence-electron chi connectivity index (χ2n) is 7.18. The predicted octanol–water partition coefficient (Wildman–Crippen LogP) is 3.96. The first-order valence-electron chi connectivity index (χ1n) is 9.39. The van der Waals surface area contributed by atoms with Crippen LogP contribution in [0.5, 0.6) is 0 Å². The van der Waals surface area contributed by atoms with Crippen LogP contribution in [0.3, 0.4) is 0 Å². The van der Waals surface area contributed by atoms with E-state index in [1.807, 2.05) is 11.8 Å². The molecule has 1 aliphatic carbocycles. The van der Waals surface area contributed by atoms with Gasteiger partial charge in [-0.2, -0.15) is 0 Å². The smallest absolute Gasteiger partial charge is 0.265 e. The van der Waals surface area contributed by atoms with Crippen molar-refractivity contribution in [1.29, 1.82) is 0 Å². The van der Waals surface area contributed by atoms with Crippen molar-refractivity contribution >= 4 is 17.2 Å². The molecule has 6 heteroatoms. The fourth-order valence-corrected chi connectivity index (χ4v) is 5.11. The summed E-state index contributed by atoms with van der Waals surface area (Å²) >= 11 is 1.30. The average molecular weight is 373 g/mol. The zero-order chi connectivity index (χ0) is 18.1. The normalized spacial score (nSPS) is 19.2. The SMILES string of the molecule is Cc1nc(-c2ccccc2F)sc1C(=O)N1CCN(C2CCCC2)CC1. The predicted molar refractivity (Wildman–Crippen MR) is 102 cm³/mol. The monoisotopic (exact) mass is 373 g/mol. The molecule has 4 nitrogen and oxygen atoms in total. The summed E-state index contributed by atoms with van der Waals surface area (Å²) in [5.41, 5.74) is 1.15. The summed E-state index contributed by atoms with van der Waals surface area (Å²) in [4.78, 5) is 22.5. The zero-order valence-electron chi connectivity index (χ0n) is 15.1. The number of rotatable bonds is 3. The summed E-state index contributed by atoms with van der Waals surface area (Å²) in [6, 6.07) is 7.30. The fraction of sp³-hybridized carbons (Fsp3) is 0.500. The number of aryl methyl sites for hydroxylation is 1. The van der Waals surface area contributed by atoms with E-state index in [0.29, 0.717) is 27.2 Å². The fourth-order valence-electron chi connectivity index (χ4n) is 4.05. The van der Waals surface area contributed by atoms with Crippen LogP contribution in [-0.4, -0.2) is 52.9 Å². The molecule has 138 valence electrons. The highest BCUT2D eigenvalue weighted by atomic mass is 32.1. The maximum absolute atomic E-state index is 14.0. The maximum Gasteiger partial charge on any atom is 0.265 e. The minimum atomic E-state index is -0.301. The van der Waals surface area contributed by atoms with E-state index in [4.69, 9.17) is 0 Å². The van der Waals surface area contributed by atoms with Crippen LogP contribution in [0.1, 0.15) is 41.0 Å². The largest absolute Gasteiger partial charge is 0.335 e. The number of benzene rings is 1. The summed E-state index contributed by atoms with van der Waals surface area (Å²) in [5, 5.41) is 0.577. The van der Waals surface area contributed by atoms with Crippen LogP contribution in [0.25, 0.3) is 10.6 Å². The van der Waals surface area contributed by atoms with Gasteiger partial charge in [-0.05, 0) is 31.9 Å². The lowest BCUT2D eigenvalue weighted by Gasteiger charge is -2.37. The number of aromatic nitrogens is 1. The van der Waals surface area contributed by atoms with Gasteiger partial charge in [0.05, 0.1) is 5.69 Å². The molecule has 26 heavy (non-hydrogen) atoms. The number of carbonyl (C=O) groups excluding carboxylic acids is 1. The lowest BCUT2D eigenvalue weighted by atomic mass is 10.1. The Hall–Kier alpha value is -1.79. The molecule has 2 heterocycles. The number of nitrogens with zero attached hydrogens (tertiary/aromatic N) is 3. The van der Waals surface area contributed by atoms with Gasteiger partial charge in [-0.15, -0.1) is 11.3 Å². The zero-order valence-corrected chi connectivity index (χ0v) is 15.9. The molecule has 4 rings (SSSR count). The molecule has 1 saturated carbocycles. The standard InChI is InChI=1S/C20H24FN3OS/c1-14-18(26-19(22-14)16-8-4-5-9-17(16)21)20(25)24-12-10-23(11-13-24)15-6-2-3-7-15/h4-5,8-9,15H,2-3,6-7,10-13H2,1H3. The van der Waals surface area contributed by atoms with Crippen LogP contribution in [0, 0.1) is 12.7 Å². The number of hydrogen-bond donors (Lipinski definition) is 0. The number of amides is 1. The first-order chi connectivity index (χ1) is 12.6. The molecule has 0 N–H and O–H groups in total. The molecule has 1 amide bonds. The van der Waals surface area contributed by atoms with Gasteiger partial charge < -0.3 is 4.90 Å². The minimum absolute atomic E-state index is 0.0358. The highest BCUT2D eigenvalue weighted by Gasteiger charge is 2.29. The Morgan fingerprint density at radius 3 is 2.54 bits per heavy atom. The summed E-state index contributed by atoms with van der Waals surface area (Å²) in [6.45, 7) is 5.27. The summed E-state index contributed by atoms with van der Waals surface area (Å²) < 4.78 is 14.0. The number of thiazole rings is 1. The Balaban J connectivity index is 1.46.